The molecule has 1 aromatic heterocycles. The molecule has 0 aliphatic carbocycles. The second-order valence-electron chi connectivity index (χ2n) is 4.73. The molecule has 0 aromatic carbocycles. The van der Waals surface area contributed by atoms with Gasteiger partial charge in [0.1, 0.15) is 0 Å². The first-order valence-corrected chi connectivity index (χ1v) is 8.01. The van der Waals surface area contributed by atoms with Crippen LogP contribution in [0.1, 0.15) is 43.8 Å². The van der Waals surface area contributed by atoms with Crippen molar-refractivity contribution in [2.45, 2.75) is 39.7 Å². The monoisotopic (exact) mass is 298 g/mol. The van der Waals surface area contributed by atoms with E-state index in [4.69, 9.17) is 4.74 Å². The van der Waals surface area contributed by atoms with Crippen molar-refractivity contribution in [3.8, 4) is 0 Å². The van der Waals surface area contributed by atoms with Gasteiger partial charge in [-0.05, 0) is 13.3 Å². The van der Waals surface area contributed by atoms with E-state index in [0.29, 0.717) is 12.5 Å². The number of aromatic nitrogens is 1. The maximum Gasteiger partial charge on any atom is 0.191 e. The van der Waals surface area contributed by atoms with Crippen LogP contribution in [0, 0.1) is 0 Å². The predicted octanol–water partition coefficient (Wildman–Crippen LogP) is 2.36. The zero-order valence-corrected chi connectivity index (χ0v) is 13.7. The number of hydrogen-bond acceptors (Lipinski definition) is 4. The first kappa shape index (κ1) is 16.9. The fourth-order valence-corrected chi connectivity index (χ4v) is 2.42. The van der Waals surface area contributed by atoms with Gasteiger partial charge in [0.15, 0.2) is 5.96 Å². The van der Waals surface area contributed by atoms with Gasteiger partial charge in [0, 0.05) is 38.1 Å². The smallest absolute Gasteiger partial charge is 0.191 e. The van der Waals surface area contributed by atoms with Crippen LogP contribution in [0.2, 0.25) is 0 Å². The van der Waals surface area contributed by atoms with E-state index in [1.54, 1.807) is 18.4 Å². The summed E-state index contributed by atoms with van der Waals surface area (Å²) < 4.78 is 5.29. The minimum Gasteiger partial charge on any atom is -0.382 e. The molecule has 6 heteroatoms. The van der Waals surface area contributed by atoms with Gasteiger partial charge >= 0.3 is 0 Å². The Morgan fingerprint density at radius 3 is 2.85 bits per heavy atom. The number of nitrogens with one attached hydrogen (secondary N) is 2. The summed E-state index contributed by atoms with van der Waals surface area (Å²) in [5, 5.41) is 9.82. The highest BCUT2D eigenvalue weighted by atomic mass is 32.1. The lowest BCUT2D eigenvalue weighted by atomic mass is 10.2. The summed E-state index contributed by atoms with van der Waals surface area (Å²) >= 11 is 1.72. The van der Waals surface area contributed by atoms with Gasteiger partial charge in [-0.25, -0.2) is 4.98 Å². The summed E-state index contributed by atoms with van der Waals surface area (Å²) in [6.07, 6.45) is 0.975. The van der Waals surface area contributed by atoms with Crippen LogP contribution < -0.4 is 10.6 Å². The molecule has 0 unspecified atom stereocenters. The topological polar surface area (TPSA) is 58.5 Å². The van der Waals surface area contributed by atoms with Gasteiger partial charge in [0.2, 0.25) is 0 Å². The molecule has 5 nitrogen and oxygen atoms in total. The van der Waals surface area contributed by atoms with Crippen LogP contribution in [0.25, 0.3) is 0 Å². The van der Waals surface area contributed by atoms with Crippen LogP contribution in [0.3, 0.4) is 0 Å². The third-order valence-electron chi connectivity index (χ3n) is 2.69. The van der Waals surface area contributed by atoms with E-state index >= 15 is 0 Å². The maximum atomic E-state index is 5.29. The Kier molecular flexibility index (Phi) is 8.22. The molecule has 1 rings (SSSR count). The average Bonchev–Trinajstić information content (AvgIpc) is 2.91. The molecule has 0 aliphatic rings. The quantitative estimate of drug-likeness (QED) is 0.439. The molecule has 114 valence electrons. The summed E-state index contributed by atoms with van der Waals surface area (Å²) in [6, 6.07) is 0. The second-order valence-corrected chi connectivity index (χ2v) is 5.62. The van der Waals surface area contributed by atoms with Crippen LogP contribution >= 0.6 is 11.3 Å². The molecule has 0 saturated heterocycles. The van der Waals surface area contributed by atoms with Crippen molar-refractivity contribution in [3.63, 3.8) is 0 Å². The Balaban J connectivity index is 2.26. The first-order chi connectivity index (χ1) is 9.67. The van der Waals surface area contributed by atoms with Crippen molar-refractivity contribution in [2.75, 3.05) is 26.8 Å². The molecule has 0 bridgehead atoms. The molecule has 1 aromatic rings. The zero-order valence-electron chi connectivity index (χ0n) is 12.9. The van der Waals surface area contributed by atoms with E-state index in [1.165, 1.54) is 5.01 Å². The average molecular weight is 298 g/mol. The minimum absolute atomic E-state index is 0.491. The largest absolute Gasteiger partial charge is 0.382 e. The van der Waals surface area contributed by atoms with Crippen molar-refractivity contribution >= 4 is 17.3 Å². The SMILES string of the molecule is CCOCCCNC(=NC)NCc1csc(C(C)C)n1. The number of hydrogen-bond donors (Lipinski definition) is 2. The highest BCUT2D eigenvalue weighted by Gasteiger charge is 2.06. The van der Waals surface area contributed by atoms with Gasteiger partial charge in [-0.3, -0.25) is 4.99 Å². The normalized spacial score (nSPS) is 11.9. The molecule has 0 spiro atoms. The van der Waals surface area contributed by atoms with Gasteiger partial charge in [0.05, 0.1) is 17.2 Å². The van der Waals surface area contributed by atoms with E-state index in [-0.39, 0.29) is 0 Å². The number of aliphatic imine (C=N–C) groups is 1. The summed E-state index contributed by atoms with van der Waals surface area (Å²) in [6.45, 7) is 9.44. The van der Waals surface area contributed by atoms with Crippen LogP contribution in [0.5, 0.6) is 0 Å². The standard InChI is InChI=1S/C14H26N4OS/c1-5-19-8-6-7-16-14(15-4)17-9-12-10-20-13(18-12)11(2)3/h10-11H,5-9H2,1-4H3,(H2,15,16,17). The molecule has 2 N–H and O–H groups in total. The number of rotatable bonds is 8. The molecule has 0 fully saturated rings. The number of guanidine groups is 1. The van der Waals surface area contributed by atoms with E-state index in [0.717, 1.165) is 37.8 Å². The van der Waals surface area contributed by atoms with Gasteiger partial charge in [-0.15, -0.1) is 11.3 Å². The number of ether oxygens (including phenoxy) is 1. The first-order valence-electron chi connectivity index (χ1n) is 7.14. The van der Waals surface area contributed by atoms with E-state index in [2.05, 4.69) is 39.8 Å². The van der Waals surface area contributed by atoms with Crippen LogP contribution in [-0.4, -0.2) is 37.7 Å². The third-order valence-corrected chi connectivity index (χ3v) is 3.88. The molecule has 0 aliphatic heterocycles. The Hall–Kier alpha value is -1.14. The third kappa shape index (κ3) is 6.34. The molecule has 20 heavy (non-hydrogen) atoms. The summed E-state index contributed by atoms with van der Waals surface area (Å²) in [7, 11) is 1.78. The van der Waals surface area contributed by atoms with E-state index in [1.807, 2.05) is 6.92 Å². The van der Waals surface area contributed by atoms with Crippen molar-refractivity contribution in [1.29, 1.82) is 0 Å². The van der Waals surface area contributed by atoms with Crippen molar-refractivity contribution in [3.05, 3.63) is 16.1 Å². The summed E-state index contributed by atoms with van der Waals surface area (Å²) in [5.74, 6) is 1.30. The van der Waals surface area contributed by atoms with E-state index in [9.17, 15) is 0 Å². The van der Waals surface area contributed by atoms with Crippen LogP contribution in [0.15, 0.2) is 10.4 Å². The molecular weight excluding hydrogens is 272 g/mol. The van der Waals surface area contributed by atoms with Crippen LogP contribution in [0.4, 0.5) is 0 Å². The van der Waals surface area contributed by atoms with E-state index < -0.39 is 0 Å². The lowest BCUT2D eigenvalue weighted by Crippen LogP contribution is -2.37. The predicted molar refractivity (Wildman–Crippen MR) is 85.5 cm³/mol. The molecular formula is C14H26N4OS. The minimum atomic E-state index is 0.491. The van der Waals surface area contributed by atoms with Crippen molar-refractivity contribution in [2.24, 2.45) is 4.99 Å². The highest BCUT2D eigenvalue weighted by molar-refractivity contribution is 7.09. The number of thiazole rings is 1. The van der Waals surface area contributed by atoms with Gasteiger partial charge in [-0.1, -0.05) is 13.8 Å². The van der Waals surface area contributed by atoms with Crippen molar-refractivity contribution < 1.29 is 4.74 Å². The Morgan fingerprint density at radius 1 is 1.45 bits per heavy atom. The Bertz CT molecular complexity index is 404. The molecule has 0 saturated carbocycles. The summed E-state index contributed by atoms with van der Waals surface area (Å²) in [5.41, 5.74) is 1.07. The second kappa shape index (κ2) is 9.72. The fraction of sp³-hybridized carbons (Fsp3) is 0.714. The van der Waals surface area contributed by atoms with Crippen molar-refractivity contribution in [1.82, 2.24) is 15.6 Å². The highest BCUT2D eigenvalue weighted by Crippen LogP contribution is 2.18. The molecule has 0 radical (unpaired) electrons. The van der Waals surface area contributed by atoms with Gasteiger partial charge in [-0.2, -0.15) is 0 Å². The summed E-state index contributed by atoms with van der Waals surface area (Å²) in [4.78, 5) is 8.78. The molecule has 0 atom stereocenters. The maximum absolute atomic E-state index is 5.29. The Labute approximate surface area is 125 Å². The lowest BCUT2D eigenvalue weighted by molar-refractivity contribution is 0.145. The van der Waals surface area contributed by atoms with Gasteiger partial charge in [0.25, 0.3) is 0 Å². The number of nitrogens with zero attached hydrogens (tertiary/aromatic N) is 2. The molecule has 0 amide bonds. The fourth-order valence-electron chi connectivity index (χ4n) is 1.59. The van der Waals surface area contributed by atoms with Crippen LogP contribution in [-0.2, 0) is 11.3 Å². The zero-order chi connectivity index (χ0) is 14.8. The lowest BCUT2D eigenvalue weighted by Gasteiger charge is -2.10. The van der Waals surface area contributed by atoms with Gasteiger partial charge < -0.3 is 15.4 Å². The Morgan fingerprint density at radius 2 is 2.25 bits per heavy atom. The molecule has 1 heterocycles.